The first-order valence-electron chi connectivity index (χ1n) is 5.92. The van der Waals surface area contributed by atoms with E-state index in [1.54, 1.807) is 42.5 Å². The highest BCUT2D eigenvalue weighted by Gasteiger charge is 2.13. The lowest BCUT2D eigenvalue weighted by atomic mass is 10.0. The molecule has 0 bridgehead atoms. The summed E-state index contributed by atoms with van der Waals surface area (Å²) in [6.07, 6.45) is 1.40. The topological polar surface area (TPSA) is 61.1 Å². The van der Waals surface area contributed by atoms with Crippen LogP contribution in [0.25, 0.3) is 6.08 Å². The smallest absolute Gasteiger partial charge is 0.203 e. The number of halogens is 2. The number of allylic oxidation sites excluding steroid dienone is 1. The number of Topliss-reactive ketones (excluding diaryl/α,β-unsaturated/α-hetero) is 1. The fraction of sp³-hybridized carbons (Fsp3) is 0. The molecule has 0 heterocycles. The Morgan fingerprint density at radius 3 is 2.57 bits per heavy atom. The molecular formula is C16H9BrINO2. The van der Waals surface area contributed by atoms with Crippen molar-refractivity contribution in [1.29, 1.82) is 5.26 Å². The maximum absolute atomic E-state index is 12.3. The van der Waals surface area contributed by atoms with Crippen molar-refractivity contribution < 1.29 is 9.90 Å². The van der Waals surface area contributed by atoms with Crippen molar-refractivity contribution in [2.75, 3.05) is 0 Å². The molecular weight excluding hydrogens is 445 g/mol. The molecule has 0 aromatic heterocycles. The third-order valence-electron chi connectivity index (χ3n) is 2.76. The first-order valence-corrected chi connectivity index (χ1v) is 7.79. The van der Waals surface area contributed by atoms with Crippen LogP contribution in [-0.2, 0) is 0 Å². The van der Waals surface area contributed by atoms with Gasteiger partial charge in [0.05, 0.1) is 3.57 Å². The fourth-order valence-electron chi connectivity index (χ4n) is 1.75. The Kier molecular flexibility index (Phi) is 5.15. The third kappa shape index (κ3) is 3.71. The average molecular weight is 454 g/mol. The summed E-state index contributed by atoms with van der Waals surface area (Å²) in [6.45, 7) is 0. The van der Waals surface area contributed by atoms with Crippen LogP contribution in [0.5, 0.6) is 5.75 Å². The molecule has 0 aliphatic rings. The number of hydrogen-bond acceptors (Lipinski definition) is 3. The Bertz CT molecular complexity index is 764. The van der Waals surface area contributed by atoms with Gasteiger partial charge in [0.15, 0.2) is 0 Å². The molecule has 2 aromatic rings. The highest BCUT2D eigenvalue weighted by molar-refractivity contribution is 14.1. The molecule has 0 spiro atoms. The molecule has 3 nitrogen and oxygen atoms in total. The number of benzene rings is 2. The van der Waals surface area contributed by atoms with Gasteiger partial charge in [-0.05, 0) is 40.8 Å². The molecule has 0 saturated carbocycles. The van der Waals surface area contributed by atoms with E-state index >= 15 is 0 Å². The van der Waals surface area contributed by atoms with Gasteiger partial charge in [-0.2, -0.15) is 5.26 Å². The van der Waals surface area contributed by atoms with Gasteiger partial charge >= 0.3 is 0 Å². The number of nitrogens with zero attached hydrogens (tertiary/aromatic N) is 1. The lowest BCUT2D eigenvalue weighted by Crippen LogP contribution is -2.01. The first kappa shape index (κ1) is 15.7. The molecule has 5 heteroatoms. The van der Waals surface area contributed by atoms with Crippen molar-refractivity contribution in [2.24, 2.45) is 0 Å². The van der Waals surface area contributed by atoms with Crippen molar-refractivity contribution in [3.05, 3.63) is 67.2 Å². The van der Waals surface area contributed by atoms with Crippen LogP contribution in [-0.4, -0.2) is 10.9 Å². The van der Waals surface area contributed by atoms with Crippen LogP contribution >= 0.6 is 38.5 Å². The summed E-state index contributed by atoms with van der Waals surface area (Å²) in [5.74, 6) is -0.320. The number of carbonyl (C=O) groups excluding carboxylic acids is 1. The van der Waals surface area contributed by atoms with Gasteiger partial charge in [0.25, 0.3) is 0 Å². The largest absolute Gasteiger partial charge is 0.506 e. The average Bonchev–Trinajstić information content (AvgIpc) is 2.49. The van der Waals surface area contributed by atoms with Crippen LogP contribution in [0, 0.1) is 14.9 Å². The number of aromatic hydroxyl groups is 1. The van der Waals surface area contributed by atoms with E-state index < -0.39 is 0 Å². The maximum atomic E-state index is 12.3. The monoisotopic (exact) mass is 453 g/mol. The van der Waals surface area contributed by atoms with Crippen LogP contribution in [0.1, 0.15) is 15.9 Å². The van der Waals surface area contributed by atoms with Gasteiger partial charge in [-0.1, -0.05) is 46.3 Å². The van der Waals surface area contributed by atoms with Crippen LogP contribution < -0.4 is 0 Å². The van der Waals surface area contributed by atoms with Gasteiger partial charge in [0.1, 0.15) is 17.4 Å². The second-order valence-electron chi connectivity index (χ2n) is 4.19. The van der Waals surface area contributed by atoms with Gasteiger partial charge in [-0.3, -0.25) is 4.79 Å². The van der Waals surface area contributed by atoms with E-state index in [0.717, 1.165) is 4.47 Å². The lowest BCUT2D eigenvalue weighted by Gasteiger charge is -2.04. The maximum Gasteiger partial charge on any atom is 0.203 e. The number of ketones is 1. The van der Waals surface area contributed by atoms with Crippen molar-refractivity contribution in [2.45, 2.75) is 0 Å². The van der Waals surface area contributed by atoms with E-state index in [4.69, 9.17) is 0 Å². The molecule has 0 radical (unpaired) electrons. The SMILES string of the molecule is N#CC(=Cc1cc(Br)cc(I)c1O)C(=O)c1ccccc1. The number of phenolic OH excluding ortho intramolecular Hbond substituents is 1. The minimum Gasteiger partial charge on any atom is -0.506 e. The zero-order valence-corrected chi connectivity index (χ0v) is 14.4. The molecule has 0 fully saturated rings. The predicted molar refractivity (Wildman–Crippen MR) is 92.9 cm³/mol. The third-order valence-corrected chi connectivity index (χ3v) is 4.04. The zero-order valence-electron chi connectivity index (χ0n) is 10.7. The lowest BCUT2D eigenvalue weighted by molar-refractivity contribution is 0.104. The Balaban J connectivity index is 2.48. The van der Waals surface area contributed by atoms with Gasteiger partial charge < -0.3 is 5.11 Å². The first-order chi connectivity index (χ1) is 10.0. The van der Waals surface area contributed by atoms with Crippen molar-refractivity contribution in [3.63, 3.8) is 0 Å². The summed E-state index contributed by atoms with van der Waals surface area (Å²) < 4.78 is 1.40. The minimum absolute atomic E-state index is 0.0228. The predicted octanol–water partition coefficient (Wildman–Crippen LogP) is 4.55. The van der Waals surface area contributed by atoms with E-state index in [9.17, 15) is 15.2 Å². The molecule has 0 aliphatic carbocycles. The molecule has 0 unspecified atom stereocenters. The summed E-state index contributed by atoms with van der Waals surface area (Å²) in [6, 6.07) is 13.9. The summed E-state index contributed by atoms with van der Waals surface area (Å²) >= 11 is 5.31. The number of nitriles is 1. The molecule has 0 atom stereocenters. The number of rotatable bonds is 3. The Morgan fingerprint density at radius 2 is 1.95 bits per heavy atom. The van der Waals surface area contributed by atoms with Crippen LogP contribution in [0.3, 0.4) is 0 Å². The van der Waals surface area contributed by atoms with Gasteiger partial charge in [-0.15, -0.1) is 0 Å². The number of hydrogen-bond donors (Lipinski definition) is 1. The summed E-state index contributed by atoms with van der Waals surface area (Å²) in [5, 5.41) is 19.2. The van der Waals surface area contributed by atoms with Gasteiger partial charge in [-0.25, -0.2) is 0 Å². The molecule has 0 aliphatic heterocycles. The van der Waals surface area contributed by atoms with Gasteiger partial charge in [0, 0.05) is 15.6 Å². The summed E-state index contributed by atoms with van der Waals surface area (Å²) in [5.41, 5.74) is 0.842. The van der Waals surface area contributed by atoms with E-state index in [-0.39, 0.29) is 17.1 Å². The molecule has 0 saturated heterocycles. The summed E-state index contributed by atoms with van der Waals surface area (Å²) in [7, 11) is 0. The molecule has 2 aromatic carbocycles. The zero-order chi connectivity index (χ0) is 15.4. The van der Waals surface area contributed by atoms with Crippen molar-refractivity contribution in [1.82, 2.24) is 0 Å². The standard InChI is InChI=1S/C16H9BrINO2/c17-13-7-11(16(21)14(18)8-13)6-12(9-19)15(20)10-4-2-1-3-5-10/h1-8,21H. The number of phenols is 1. The molecule has 21 heavy (non-hydrogen) atoms. The quantitative estimate of drug-likeness (QED) is 0.321. The van der Waals surface area contributed by atoms with E-state index in [1.165, 1.54) is 6.08 Å². The molecule has 1 N–H and O–H groups in total. The van der Waals surface area contributed by atoms with Crippen LogP contribution in [0.15, 0.2) is 52.5 Å². The fourth-order valence-corrected chi connectivity index (χ4v) is 3.30. The van der Waals surface area contributed by atoms with Crippen molar-refractivity contribution in [3.8, 4) is 11.8 Å². The van der Waals surface area contributed by atoms with Crippen molar-refractivity contribution >= 4 is 50.4 Å². The normalized spacial score (nSPS) is 11.0. The second-order valence-corrected chi connectivity index (χ2v) is 6.27. The Hall–Kier alpha value is -1.65. The minimum atomic E-state index is -0.368. The van der Waals surface area contributed by atoms with Crippen LogP contribution in [0.2, 0.25) is 0 Å². The Morgan fingerprint density at radius 1 is 1.29 bits per heavy atom. The van der Waals surface area contributed by atoms with Gasteiger partial charge in [0.2, 0.25) is 5.78 Å². The summed E-state index contributed by atoms with van der Waals surface area (Å²) in [4.78, 5) is 12.3. The molecule has 0 amide bonds. The highest BCUT2D eigenvalue weighted by Crippen LogP contribution is 2.30. The molecule has 104 valence electrons. The van der Waals surface area contributed by atoms with Crippen LogP contribution in [0.4, 0.5) is 0 Å². The van der Waals surface area contributed by atoms with E-state index in [1.807, 2.05) is 28.7 Å². The second kappa shape index (κ2) is 6.87. The Labute approximate surface area is 144 Å². The molecule has 2 rings (SSSR count). The van der Waals surface area contributed by atoms with E-state index in [2.05, 4.69) is 15.9 Å². The number of carbonyl (C=O) groups is 1. The highest BCUT2D eigenvalue weighted by atomic mass is 127. The van der Waals surface area contributed by atoms with E-state index in [0.29, 0.717) is 14.7 Å².